The molecule has 0 saturated carbocycles. The predicted molar refractivity (Wildman–Crippen MR) is 119 cm³/mol. The monoisotopic (exact) mass is 473 g/mol. The molecule has 0 saturated heterocycles. The second-order valence-corrected chi connectivity index (χ2v) is 7.92. The zero-order valence-electron chi connectivity index (χ0n) is 18.5. The van der Waals surface area contributed by atoms with Crippen molar-refractivity contribution in [1.29, 1.82) is 0 Å². The van der Waals surface area contributed by atoms with Crippen LogP contribution in [0.1, 0.15) is 17.7 Å². The SMILES string of the molecule is CN(C)CCCOc1cnc(-c2cccc(Cn3c(=O)oc4ccc(C(F)(F)F)nc43)c2)nc1. The van der Waals surface area contributed by atoms with E-state index in [-0.39, 0.29) is 17.8 Å². The molecule has 3 heterocycles. The maximum absolute atomic E-state index is 13.1. The van der Waals surface area contributed by atoms with Gasteiger partial charge in [-0.1, -0.05) is 18.2 Å². The Labute approximate surface area is 192 Å². The first kappa shape index (κ1) is 23.4. The molecule has 8 nitrogen and oxygen atoms in total. The highest BCUT2D eigenvalue weighted by Gasteiger charge is 2.33. The minimum absolute atomic E-state index is 0.0151. The Morgan fingerprint density at radius 2 is 1.88 bits per heavy atom. The van der Waals surface area contributed by atoms with Gasteiger partial charge in [-0.2, -0.15) is 13.2 Å². The molecule has 1 aromatic carbocycles. The van der Waals surface area contributed by atoms with Crippen molar-refractivity contribution in [2.24, 2.45) is 0 Å². The van der Waals surface area contributed by atoms with E-state index in [0.29, 0.717) is 29.3 Å². The maximum Gasteiger partial charge on any atom is 0.433 e. The van der Waals surface area contributed by atoms with Crippen molar-refractivity contribution < 1.29 is 22.3 Å². The fourth-order valence-electron chi connectivity index (χ4n) is 3.34. The van der Waals surface area contributed by atoms with Crippen LogP contribution in [0.15, 0.2) is 58.0 Å². The lowest BCUT2D eigenvalue weighted by molar-refractivity contribution is -0.141. The molecule has 0 spiro atoms. The summed E-state index contributed by atoms with van der Waals surface area (Å²) in [5.74, 6) is 0.213. The summed E-state index contributed by atoms with van der Waals surface area (Å²) in [6.45, 7) is 1.43. The van der Waals surface area contributed by atoms with Gasteiger partial charge in [0, 0.05) is 12.1 Å². The first-order valence-corrected chi connectivity index (χ1v) is 10.5. The van der Waals surface area contributed by atoms with Crippen LogP contribution in [0.5, 0.6) is 5.75 Å². The van der Waals surface area contributed by atoms with Crippen LogP contribution in [0, 0.1) is 0 Å². The van der Waals surface area contributed by atoms with Crippen molar-refractivity contribution in [3.63, 3.8) is 0 Å². The van der Waals surface area contributed by atoms with Gasteiger partial charge in [-0.05, 0) is 44.3 Å². The molecule has 4 rings (SSSR count). The average Bonchev–Trinajstić information content (AvgIpc) is 3.11. The van der Waals surface area contributed by atoms with Crippen LogP contribution in [0.2, 0.25) is 0 Å². The van der Waals surface area contributed by atoms with Gasteiger partial charge in [0.2, 0.25) is 0 Å². The fraction of sp³-hybridized carbons (Fsp3) is 0.304. The zero-order chi connectivity index (χ0) is 24.3. The molecule has 0 aliphatic heterocycles. The number of nitrogens with zero attached hydrogens (tertiary/aromatic N) is 5. The molecule has 0 bridgehead atoms. The molecule has 0 radical (unpaired) electrons. The molecule has 0 aliphatic carbocycles. The number of ether oxygens (including phenoxy) is 1. The third kappa shape index (κ3) is 5.42. The normalized spacial score (nSPS) is 11.9. The number of alkyl halides is 3. The van der Waals surface area contributed by atoms with E-state index in [1.54, 1.807) is 36.7 Å². The maximum atomic E-state index is 13.1. The summed E-state index contributed by atoms with van der Waals surface area (Å²) in [7, 11) is 3.99. The van der Waals surface area contributed by atoms with Gasteiger partial charge in [0.1, 0.15) is 5.69 Å². The molecule has 178 valence electrons. The second kappa shape index (κ2) is 9.64. The summed E-state index contributed by atoms with van der Waals surface area (Å²) in [5.41, 5.74) is 0.0483. The quantitative estimate of drug-likeness (QED) is 0.360. The predicted octanol–water partition coefficient (Wildman–Crippen LogP) is 3.84. The minimum atomic E-state index is -4.63. The number of fused-ring (bicyclic) bond motifs is 1. The van der Waals surface area contributed by atoms with Crippen LogP contribution < -0.4 is 10.5 Å². The van der Waals surface area contributed by atoms with Gasteiger partial charge in [0.15, 0.2) is 22.8 Å². The third-order valence-electron chi connectivity index (χ3n) is 4.98. The number of rotatable bonds is 8. The van der Waals surface area contributed by atoms with Crippen molar-refractivity contribution in [2.75, 3.05) is 27.2 Å². The van der Waals surface area contributed by atoms with Crippen molar-refractivity contribution >= 4 is 11.2 Å². The fourth-order valence-corrected chi connectivity index (χ4v) is 3.34. The van der Waals surface area contributed by atoms with E-state index in [4.69, 9.17) is 9.15 Å². The van der Waals surface area contributed by atoms with E-state index in [1.807, 2.05) is 14.1 Å². The summed E-state index contributed by atoms with van der Waals surface area (Å²) in [4.78, 5) is 26.6. The lowest BCUT2D eigenvalue weighted by Crippen LogP contribution is -2.16. The number of aromatic nitrogens is 4. The first-order chi connectivity index (χ1) is 16.2. The molecule has 0 aliphatic rings. The Kier molecular flexibility index (Phi) is 6.64. The van der Waals surface area contributed by atoms with Gasteiger partial charge in [-0.15, -0.1) is 0 Å². The number of oxazole rings is 1. The largest absolute Gasteiger partial charge is 0.490 e. The van der Waals surface area contributed by atoms with E-state index < -0.39 is 17.6 Å². The Hall–Kier alpha value is -3.73. The van der Waals surface area contributed by atoms with Crippen LogP contribution in [-0.2, 0) is 12.7 Å². The summed E-state index contributed by atoms with van der Waals surface area (Å²) >= 11 is 0. The number of benzene rings is 1. The summed E-state index contributed by atoms with van der Waals surface area (Å²) in [5, 5.41) is 0. The summed E-state index contributed by atoms with van der Waals surface area (Å²) < 4.78 is 51.0. The van der Waals surface area contributed by atoms with Crippen molar-refractivity contribution in [3.8, 4) is 17.1 Å². The van der Waals surface area contributed by atoms with Gasteiger partial charge in [0.05, 0.1) is 25.5 Å². The van der Waals surface area contributed by atoms with Crippen LogP contribution in [0.3, 0.4) is 0 Å². The summed E-state index contributed by atoms with van der Waals surface area (Å²) in [6, 6.07) is 8.92. The molecule has 11 heteroatoms. The highest BCUT2D eigenvalue weighted by Crippen LogP contribution is 2.29. The van der Waals surface area contributed by atoms with Crippen molar-refractivity contribution in [2.45, 2.75) is 19.1 Å². The highest BCUT2D eigenvalue weighted by atomic mass is 19.4. The Balaban J connectivity index is 1.53. The molecule has 0 amide bonds. The van der Waals surface area contributed by atoms with Gasteiger partial charge in [0.25, 0.3) is 0 Å². The van der Waals surface area contributed by atoms with Crippen LogP contribution in [0.4, 0.5) is 13.2 Å². The zero-order valence-corrected chi connectivity index (χ0v) is 18.5. The first-order valence-electron chi connectivity index (χ1n) is 10.5. The Bertz CT molecular complexity index is 1330. The lowest BCUT2D eigenvalue weighted by atomic mass is 10.1. The number of hydrogen-bond donors (Lipinski definition) is 0. The molecule has 0 N–H and O–H groups in total. The van der Waals surface area contributed by atoms with Crippen LogP contribution >= 0.6 is 0 Å². The van der Waals surface area contributed by atoms with Crippen molar-refractivity contribution in [3.05, 3.63) is 70.6 Å². The molecule has 0 fully saturated rings. The van der Waals surface area contributed by atoms with Gasteiger partial charge in [-0.25, -0.2) is 19.7 Å². The molecule has 3 aromatic heterocycles. The third-order valence-corrected chi connectivity index (χ3v) is 4.98. The smallest absolute Gasteiger partial charge is 0.433 e. The van der Waals surface area contributed by atoms with E-state index in [2.05, 4.69) is 19.9 Å². The molecular weight excluding hydrogens is 451 g/mol. The lowest BCUT2D eigenvalue weighted by Gasteiger charge is -2.10. The number of pyridine rings is 1. The minimum Gasteiger partial charge on any atom is -0.490 e. The molecule has 0 atom stereocenters. The van der Waals surface area contributed by atoms with E-state index in [0.717, 1.165) is 29.7 Å². The van der Waals surface area contributed by atoms with Crippen LogP contribution in [-0.4, -0.2) is 51.7 Å². The van der Waals surface area contributed by atoms with Crippen molar-refractivity contribution in [1.82, 2.24) is 24.4 Å². The standard InChI is InChI=1S/C23H22F3N5O3/c1-30(2)9-4-10-33-17-12-27-20(28-13-17)16-6-3-5-15(11-16)14-31-21-18(34-22(31)32)7-8-19(29-21)23(24,25)26/h3,5-8,11-13H,4,9-10,14H2,1-2H3. The van der Waals surface area contributed by atoms with E-state index >= 15 is 0 Å². The average molecular weight is 473 g/mol. The molecule has 4 aromatic rings. The topological polar surface area (TPSA) is 86.3 Å². The van der Waals surface area contributed by atoms with Gasteiger partial charge < -0.3 is 14.1 Å². The summed E-state index contributed by atoms with van der Waals surface area (Å²) in [6.07, 6.45) is -0.591. The molecule has 34 heavy (non-hydrogen) atoms. The molecule has 0 unspecified atom stereocenters. The molecular formula is C23H22F3N5O3. The second-order valence-electron chi connectivity index (χ2n) is 7.92. The Morgan fingerprint density at radius 3 is 2.59 bits per heavy atom. The van der Waals surface area contributed by atoms with Gasteiger partial charge >= 0.3 is 11.9 Å². The highest BCUT2D eigenvalue weighted by molar-refractivity contribution is 5.68. The number of halogens is 3. The van der Waals surface area contributed by atoms with E-state index in [1.165, 1.54) is 0 Å². The number of hydrogen-bond acceptors (Lipinski definition) is 7. The Morgan fingerprint density at radius 1 is 1.12 bits per heavy atom. The van der Waals surface area contributed by atoms with E-state index in [9.17, 15) is 18.0 Å². The van der Waals surface area contributed by atoms with Crippen LogP contribution in [0.25, 0.3) is 22.6 Å². The van der Waals surface area contributed by atoms with Gasteiger partial charge in [-0.3, -0.25) is 4.57 Å².